The summed E-state index contributed by atoms with van der Waals surface area (Å²) in [4.78, 5) is 32.8. The molecule has 12 heteroatoms. The molecular weight excluding hydrogens is 643 g/mol. The first kappa shape index (κ1) is 32.0. The van der Waals surface area contributed by atoms with Crippen LogP contribution >= 0.6 is 11.3 Å². The number of halogens is 3. The van der Waals surface area contributed by atoms with Gasteiger partial charge in [0.05, 0.1) is 32.8 Å². The summed E-state index contributed by atoms with van der Waals surface area (Å²) >= 11 is 1.30. The molecule has 4 heterocycles. The van der Waals surface area contributed by atoms with Crippen molar-refractivity contribution in [1.82, 2.24) is 9.55 Å². The molecule has 5 aromatic rings. The minimum atomic E-state index is -4.82. The Morgan fingerprint density at radius 3 is 2.46 bits per heavy atom. The van der Waals surface area contributed by atoms with Gasteiger partial charge in [0.2, 0.25) is 0 Å². The van der Waals surface area contributed by atoms with Crippen LogP contribution in [0.4, 0.5) is 23.7 Å². The summed E-state index contributed by atoms with van der Waals surface area (Å²) < 4.78 is 52.0. The van der Waals surface area contributed by atoms with E-state index in [1.165, 1.54) is 29.5 Å². The fraction of sp³-hybridized carbons (Fsp3) is 0.361. The van der Waals surface area contributed by atoms with Crippen molar-refractivity contribution in [3.63, 3.8) is 0 Å². The van der Waals surface area contributed by atoms with Gasteiger partial charge in [0.25, 0.3) is 0 Å². The molecule has 0 saturated heterocycles. The van der Waals surface area contributed by atoms with Crippen LogP contribution in [0.3, 0.4) is 0 Å². The summed E-state index contributed by atoms with van der Waals surface area (Å²) in [6.45, 7) is 6.11. The van der Waals surface area contributed by atoms with Crippen molar-refractivity contribution in [1.29, 1.82) is 0 Å². The number of hydrogen-bond acceptors (Lipinski definition) is 6. The number of anilines is 1. The highest BCUT2D eigenvalue weighted by molar-refractivity contribution is 7.21. The second kappa shape index (κ2) is 11.8. The molecule has 7 rings (SSSR count). The number of alkyl halides is 3. The van der Waals surface area contributed by atoms with Gasteiger partial charge in [-0.05, 0) is 87.6 Å². The van der Waals surface area contributed by atoms with Crippen LogP contribution in [0.25, 0.3) is 43.6 Å². The summed E-state index contributed by atoms with van der Waals surface area (Å²) in [5, 5.41) is 10.6. The van der Waals surface area contributed by atoms with Gasteiger partial charge in [0.1, 0.15) is 16.2 Å². The Morgan fingerprint density at radius 1 is 0.979 bits per heavy atom. The molecule has 0 radical (unpaired) electrons. The van der Waals surface area contributed by atoms with Crippen LogP contribution in [0.2, 0.25) is 0 Å². The summed E-state index contributed by atoms with van der Waals surface area (Å²) in [6.07, 6.45) is -0.0199. The number of fused-ring (bicyclic) bond motifs is 7. The lowest BCUT2D eigenvalue weighted by molar-refractivity contribution is -0.274. The molecular formula is C36H34F3N3O5S. The quantitative estimate of drug-likeness (QED) is 0.204. The van der Waals surface area contributed by atoms with E-state index in [1.807, 2.05) is 39.0 Å². The lowest BCUT2D eigenvalue weighted by atomic mass is 9.82. The predicted octanol–water partition coefficient (Wildman–Crippen LogP) is 9.98. The highest BCUT2D eigenvalue weighted by atomic mass is 32.1. The molecule has 2 aromatic carbocycles. The number of carbonyl (C=O) groups is 2. The Kier molecular flexibility index (Phi) is 7.89. The van der Waals surface area contributed by atoms with E-state index < -0.39 is 24.0 Å². The smallest absolute Gasteiger partial charge is 0.477 e. The largest absolute Gasteiger partial charge is 0.573 e. The highest BCUT2D eigenvalue weighted by Crippen LogP contribution is 2.51. The minimum absolute atomic E-state index is 0.237. The van der Waals surface area contributed by atoms with Gasteiger partial charge in [-0.25, -0.2) is 14.6 Å². The maximum atomic E-state index is 13.9. The van der Waals surface area contributed by atoms with E-state index in [1.54, 1.807) is 23.1 Å². The molecule has 0 spiro atoms. The lowest BCUT2D eigenvalue weighted by Crippen LogP contribution is -2.38. The van der Waals surface area contributed by atoms with Crippen LogP contribution in [0, 0.1) is 0 Å². The maximum Gasteiger partial charge on any atom is 0.573 e. The van der Waals surface area contributed by atoms with Gasteiger partial charge in [-0.2, -0.15) is 0 Å². The van der Waals surface area contributed by atoms with Crippen molar-refractivity contribution < 1.29 is 37.3 Å². The predicted molar refractivity (Wildman–Crippen MR) is 179 cm³/mol. The molecule has 0 unspecified atom stereocenters. The first-order valence-corrected chi connectivity index (χ1v) is 16.8. The SMILES string of the molecule is CC(C)(C)OC(=O)N1CCn2c(c(C3CCCCC3)c3sc(C(=O)O)cc32)-c2ccc3nc(-c4cccc(OC(F)(F)F)c4)ccc3c21. The lowest BCUT2D eigenvalue weighted by Gasteiger charge is -2.28. The van der Waals surface area contributed by atoms with E-state index >= 15 is 0 Å². The topological polar surface area (TPSA) is 93.9 Å². The molecule has 250 valence electrons. The van der Waals surface area contributed by atoms with Crippen molar-refractivity contribution in [2.75, 3.05) is 11.4 Å². The number of carboxylic acid groups (broad SMARTS) is 1. The first-order valence-electron chi connectivity index (χ1n) is 16.0. The van der Waals surface area contributed by atoms with Crippen molar-refractivity contribution in [2.24, 2.45) is 0 Å². The number of thiophene rings is 1. The van der Waals surface area contributed by atoms with E-state index in [0.717, 1.165) is 59.1 Å². The van der Waals surface area contributed by atoms with Crippen molar-refractivity contribution in [3.05, 3.63) is 65.0 Å². The van der Waals surface area contributed by atoms with Crippen molar-refractivity contribution in [3.8, 4) is 28.3 Å². The molecule has 0 atom stereocenters. The number of ether oxygens (including phenoxy) is 2. The Balaban J connectivity index is 1.44. The van der Waals surface area contributed by atoms with E-state index in [4.69, 9.17) is 9.72 Å². The van der Waals surface area contributed by atoms with Gasteiger partial charge in [0.15, 0.2) is 0 Å². The number of carbonyl (C=O) groups excluding carboxylic acids is 1. The normalized spacial score (nSPS) is 15.7. The van der Waals surface area contributed by atoms with Crippen LogP contribution < -0.4 is 9.64 Å². The monoisotopic (exact) mass is 677 g/mol. The number of pyridine rings is 1. The number of carboxylic acids is 1. The van der Waals surface area contributed by atoms with Crippen LogP contribution in [0.5, 0.6) is 5.75 Å². The molecule has 1 amide bonds. The minimum Gasteiger partial charge on any atom is -0.477 e. The van der Waals surface area contributed by atoms with Gasteiger partial charge in [-0.15, -0.1) is 24.5 Å². The second-order valence-corrected chi connectivity index (χ2v) is 14.4. The number of aromatic carboxylic acids is 1. The first-order chi connectivity index (χ1) is 22.8. The zero-order valence-corrected chi connectivity index (χ0v) is 27.5. The average Bonchev–Trinajstić information content (AvgIpc) is 3.52. The Bertz CT molecular complexity index is 2070. The highest BCUT2D eigenvalue weighted by Gasteiger charge is 2.36. The molecule has 1 saturated carbocycles. The van der Waals surface area contributed by atoms with Crippen LogP contribution in [0.15, 0.2) is 54.6 Å². The molecule has 8 nitrogen and oxygen atoms in total. The number of rotatable bonds is 4. The van der Waals surface area contributed by atoms with Gasteiger partial charge < -0.3 is 19.1 Å². The van der Waals surface area contributed by atoms with Gasteiger partial charge in [0, 0.05) is 29.6 Å². The summed E-state index contributed by atoms with van der Waals surface area (Å²) in [7, 11) is 0. The zero-order valence-electron chi connectivity index (χ0n) is 26.7. The Morgan fingerprint density at radius 2 is 1.75 bits per heavy atom. The number of benzene rings is 2. The zero-order chi connectivity index (χ0) is 34.0. The summed E-state index contributed by atoms with van der Waals surface area (Å²) in [5.41, 5.74) is 5.08. The number of aromatic nitrogens is 2. The third kappa shape index (κ3) is 5.98. The standard InChI is InChI=1S/C36H34F3N3O5S/c1-35(2,3)47-34(45)42-17-16-41-27-19-28(33(43)44)48-32(27)29(20-8-5-4-6-9-20)31(41)24-13-15-26-23(30(24)42)12-14-25(40-26)21-10-7-11-22(18-21)46-36(37,38)39/h7,10-15,18-20H,4-6,8-9,16-17H2,1-3H3,(H,43,44). The molecule has 1 fully saturated rings. The fourth-order valence-electron chi connectivity index (χ4n) is 7.04. The molecule has 2 aliphatic rings. The molecule has 48 heavy (non-hydrogen) atoms. The van der Waals surface area contributed by atoms with Crippen molar-refractivity contribution >= 4 is 50.2 Å². The fourth-order valence-corrected chi connectivity index (χ4v) is 8.17. The molecule has 1 aliphatic carbocycles. The third-order valence-electron chi connectivity index (χ3n) is 8.89. The summed E-state index contributed by atoms with van der Waals surface area (Å²) in [6, 6.07) is 14.8. The van der Waals surface area contributed by atoms with Crippen molar-refractivity contribution in [2.45, 2.75) is 77.3 Å². The van der Waals surface area contributed by atoms with E-state index in [2.05, 4.69) is 9.30 Å². The van der Waals surface area contributed by atoms with E-state index in [9.17, 15) is 27.9 Å². The third-order valence-corrected chi connectivity index (χ3v) is 10.0. The maximum absolute atomic E-state index is 13.9. The van der Waals surface area contributed by atoms with Crippen LogP contribution in [0.1, 0.15) is 74.0 Å². The van der Waals surface area contributed by atoms with E-state index in [-0.39, 0.29) is 23.1 Å². The molecule has 0 bridgehead atoms. The van der Waals surface area contributed by atoms with Gasteiger partial charge in [-0.1, -0.05) is 31.4 Å². The number of amides is 1. The van der Waals surface area contributed by atoms with Gasteiger partial charge >= 0.3 is 18.4 Å². The summed E-state index contributed by atoms with van der Waals surface area (Å²) in [5.74, 6) is -1.07. The number of hydrogen-bond donors (Lipinski definition) is 1. The van der Waals surface area contributed by atoms with E-state index in [0.29, 0.717) is 34.4 Å². The average molecular weight is 678 g/mol. The Hall–Kier alpha value is -4.58. The van der Waals surface area contributed by atoms with Gasteiger partial charge in [-0.3, -0.25) is 4.90 Å². The molecule has 1 aliphatic heterocycles. The van der Waals surface area contributed by atoms with Crippen LogP contribution in [-0.4, -0.2) is 45.2 Å². The number of nitrogens with zero attached hydrogens (tertiary/aromatic N) is 3. The Labute approximate surface area is 278 Å². The molecule has 1 N–H and O–H groups in total. The second-order valence-electron chi connectivity index (χ2n) is 13.3. The van der Waals surface area contributed by atoms with Crippen LogP contribution in [-0.2, 0) is 11.3 Å². The molecule has 3 aromatic heterocycles.